The molecular formula is C7H18N2O2. The van der Waals surface area contributed by atoms with Crippen molar-refractivity contribution in [3.8, 4) is 0 Å². The standard InChI is InChI=1S/C5H12N2O.C2H6O/c1-6(2)5(8)7(3)4;1-2-3/h1-4H3;3H,2H2,1H3. The van der Waals surface area contributed by atoms with Crippen LogP contribution in [-0.4, -0.2) is 55.7 Å². The van der Waals surface area contributed by atoms with Gasteiger partial charge in [0.1, 0.15) is 0 Å². The molecule has 0 fully saturated rings. The molecule has 0 saturated carbocycles. The summed E-state index contributed by atoms with van der Waals surface area (Å²) in [5.74, 6) is 0. The second kappa shape index (κ2) is 7.34. The molecule has 0 spiro atoms. The maximum absolute atomic E-state index is 10.7. The second-order valence-corrected chi connectivity index (χ2v) is 2.39. The predicted molar refractivity (Wildman–Crippen MR) is 45.5 cm³/mol. The summed E-state index contributed by atoms with van der Waals surface area (Å²) in [6.07, 6.45) is 0. The van der Waals surface area contributed by atoms with Gasteiger partial charge in [0.2, 0.25) is 0 Å². The van der Waals surface area contributed by atoms with E-state index < -0.39 is 0 Å². The van der Waals surface area contributed by atoms with Crippen LogP contribution in [0.1, 0.15) is 6.92 Å². The van der Waals surface area contributed by atoms with Crippen LogP contribution >= 0.6 is 0 Å². The first-order valence-corrected chi connectivity index (χ1v) is 3.46. The Bertz CT molecular complexity index is 92.6. The number of urea groups is 1. The number of nitrogens with zero attached hydrogens (tertiary/aromatic N) is 2. The normalized spacial score (nSPS) is 7.82. The Morgan fingerprint density at radius 2 is 1.36 bits per heavy atom. The van der Waals surface area contributed by atoms with Gasteiger partial charge in [-0.25, -0.2) is 4.79 Å². The first-order valence-electron chi connectivity index (χ1n) is 3.46. The Morgan fingerprint density at radius 3 is 1.36 bits per heavy atom. The Kier molecular flexibility index (Phi) is 8.58. The molecular weight excluding hydrogens is 144 g/mol. The average molecular weight is 162 g/mol. The molecule has 0 atom stereocenters. The zero-order valence-electron chi connectivity index (χ0n) is 7.96. The molecule has 4 heteroatoms. The summed E-state index contributed by atoms with van der Waals surface area (Å²) in [4.78, 5) is 13.8. The van der Waals surface area contributed by atoms with Crippen molar-refractivity contribution >= 4 is 6.03 Å². The van der Waals surface area contributed by atoms with E-state index in [-0.39, 0.29) is 12.6 Å². The minimum Gasteiger partial charge on any atom is -0.397 e. The van der Waals surface area contributed by atoms with Crippen molar-refractivity contribution in [1.29, 1.82) is 0 Å². The molecule has 0 aromatic rings. The zero-order valence-corrected chi connectivity index (χ0v) is 7.96. The Morgan fingerprint density at radius 1 is 1.18 bits per heavy atom. The zero-order chi connectivity index (χ0) is 9.44. The third-order valence-electron chi connectivity index (χ3n) is 0.765. The van der Waals surface area contributed by atoms with Crippen LogP contribution in [0.15, 0.2) is 0 Å². The van der Waals surface area contributed by atoms with Gasteiger partial charge in [0, 0.05) is 34.8 Å². The van der Waals surface area contributed by atoms with Gasteiger partial charge in [-0.05, 0) is 6.92 Å². The molecule has 0 aliphatic rings. The van der Waals surface area contributed by atoms with Crippen LogP contribution in [0.3, 0.4) is 0 Å². The molecule has 0 unspecified atom stereocenters. The summed E-state index contributed by atoms with van der Waals surface area (Å²) in [6.45, 7) is 1.93. The van der Waals surface area contributed by atoms with Gasteiger partial charge < -0.3 is 14.9 Å². The van der Waals surface area contributed by atoms with Gasteiger partial charge in [-0.2, -0.15) is 0 Å². The molecule has 1 N–H and O–H groups in total. The lowest BCUT2D eigenvalue weighted by molar-refractivity contribution is 0.191. The van der Waals surface area contributed by atoms with Crippen LogP contribution in [-0.2, 0) is 0 Å². The number of carbonyl (C=O) groups is 1. The van der Waals surface area contributed by atoms with Gasteiger partial charge in [-0.15, -0.1) is 0 Å². The second-order valence-electron chi connectivity index (χ2n) is 2.39. The molecule has 0 aliphatic carbocycles. The van der Waals surface area contributed by atoms with Crippen LogP contribution < -0.4 is 0 Å². The monoisotopic (exact) mass is 162 g/mol. The van der Waals surface area contributed by atoms with Gasteiger partial charge in [0.05, 0.1) is 0 Å². The molecule has 0 heterocycles. The van der Waals surface area contributed by atoms with E-state index in [2.05, 4.69) is 0 Å². The molecule has 68 valence electrons. The number of aliphatic hydroxyl groups is 1. The maximum Gasteiger partial charge on any atom is 0.318 e. The van der Waals surface area contributed by atoms with E-state index in [1.54, 1.807) is 35.1 Å². The van der Waals surface area contributed by atoms with E-state index in [9.17, 15) is 4.79 Å². The Hall–Kier alpha value is -0.770. The van der Waals surface area contributed by atoms with Crippen LogP contribution in [0.2, 0.25) is 0 Å². The lowest BCUT2D eigenvalue weighted by Crippen LogP contribution is -2.33. The summed E-state index contributed by atoms with van der Waals surface area (Å²) in [6, 6.07) is 0.0185. The van der Waals surface area contributed by atoms with Crippen LogP contribution in [0.25, 0.3) is 0 Å². The first kappa shape index (κ1) is 12.9. The fourth-order valence-corrected chi connectivity index (χ4v) is 0.400. The number of hydrogen-bond donors (Lipinski definition) is 1. The number of carbonyl (C=O) groups excluding carboxylic acids is 1. The fourth-order valence-electron chi connectivity index (χ4n) is 0.400. The van der Waals surface area contributed by atoms with E-state index in [0.29, 0.717) is 0 Å². The lowest BCUT2D eigenvalue weighted by atomic mass is 10.7. The molecule has 11 heavy (non-hydrogen) atoms. The molecule has 0 saturated heterocycles. The maximum atomic E-state index is 10.7. The van der Waals surface area contributed by atoms with Crippen LogP contribution in [0.5, 0.6) is 0 Å². The van der Waals surface area contributed by atoms with E-state index in [0.717, 1.165) is 0 Å². The summed E-state index contributed by atoms with van der Waals surface area (Å²) in [7, 11) is 6.90. The van der Waals surface area contributed by atoms with E-state index in [1.165, 1.54) is 9.80 Å². The largest absolute Gasteiger partial charge is 0.397 e. The third-order valence-corrected chi connectivity index (χ3v) is 0.765. The Balaban J connectivity index is 0. The minimum absolute atomic E-state index is 0.0185. The number of rotatable bonds is 0. The van der Waals surface area contributed by atoms with Crippen LogP contribution in [0.4, 0.5) is 4.79 Å². The number of amides is 2. The van der Waals surface area contributed by atoms with E-state index in [1.807, 2.05) is 0 Å². The third kappa shape index (κ3) is 9.23. The number of aliphatic hydroxyl groups excluding tert-OH is 1. The van der Waals surface area contributed by atoms with Gasteiger partial charge in [0.15, 0.2) is 0 Å². The van der Waals surface area contributed by atoms with Gasteiger partial charge in [-0.3, -0.25) is 0 Å². The molecule has 0 aromatic heterocycles. The van der Waals surface area contributed by atoms with Crippen LogP contribution in [0, 0.1) is 0 Å². The van der Waals surface area contributed by atoms with Gasteiger partial charge in [-0.1, -0.05) is 0 Å². The summed E-state index contributed by atoms with van der Waals surface area (Å²) >= 11 is 0. The minimum atomic E-state index is 0.0185. The summed E-state index contributed by atoms with van der Waals surface area (Å²) < 4.78 is 0. The molecule has 0 rings (SSSR count). The van der Waals surface area contributed by atoms with Gasteiger partial charge in [0.25, 0.3) is 0 Å². The highest BCUT2D eigenvalue weighted by Crippen LogP contribution is 1.83. The first-order chi connectivity index (χ1) is 4.97. The summed E-state index contributed by atoms with van der Waals surface area (Å²) in [5.41, 5.74) is 0. The highest BCUT2D eigenvalue weighted by atomic mass is 16.2. The topological polar surface area (TPSA) is 43.8 Å². The summed E-state index contributed by atoms with van der Waals surface area (Å²) in [5, 5.41) is 7.57. The highest BCUT2D eigenvalue weighted by Gasteiger charge is 2.02. The van der Waals surface area contributed by atoms with Gasteiger partial charge >= 0.3 is 6.03 Å². The van der Waals surface area contributed by atoms with Crippen molar-refractivity contribution in [2.45, 2.75) is 6.92 Å². The Labute approximate surface area is 68.4 Å². The highest BCUT2D eigenvalue weighted by molar-refractivity contribution is 5.72. The average Bonchev–Trinajstić information content (AvgIpc) is 1.87. The van der Waals surface area contributed by atoms with Crippen molar-refractivity contribution < 1.29 is 9.90 Å². The fraction of sp³-hybridized carbons (Fsp3) is 0.857. The van der Waals surface area contributed by atoms with E-state index >= 15 is 0 Å². The smallest absolute Gasteiger partial charge is 0.318 e. The van der Waals surface area contributed by atoms with Crippen molar-refractivity contribution in [2.75, 3.05) is 34.8 Å². The van der Waals surface area contributed by atoms with E-state index in [4.69, 9.17) is 5.11 Å². The van der Waals surface area contributed by atoms with Crippen molar-refractivity contribution in [2.24, 2.45) is 0 Å². The molecule has 0 radical (unpaired) electrons. The van der Waals surface area contributed by atoms with Crippen molar-refractivity contribution in [3.63, 3.8) is 0 Å². The lowest BCUT2D eigenvalue weighted by Gasteiger charge is -2.16. The molecule has 0 bridgehead atoms. The molecule has 0 aliphatic heterocycles. The number of hydrogen-bond acceptors (Lipinski definition) is 2. The molecule has 4 nitrogen and oxygen atoms in total. The molecule has 2 amide bonds. The quantitative estimate of drug-likeness (QED) is 0.554. The SMILES string of the molecule is CCO.CN(C)C(=O)N(C)C. The predicted octanol–water partition coefficient (Wildman–Crippen LogP) is 0.228. The van der Waals surface area contributed by atoms with Crippen molar-refractivity contribution in [3.05, 3.63) is 0 Å². The molecule has 0 aromatic carbocycles. The van der Waals surface area contributed by atoms with Crippen molar-refractivity contribution in [1.82, 2.24) is 9.80 Å².